The largest absolute Gasteiger partial charge is 0.423 e. The molecule has 0 amide bonds. The summed E-state index contributed by atoms with van der Waals surface area (Å²) in [4.78, 5) is 27.1. The fourth-order valence-electron chi connectivity index (χ4n) is 4.29. The number of ether oxygens (including phenoxy) is 1. The lowest BCUT2D eigenvalue weighted by atomic mass is 10.2. The zero-order chi connectivity index (χ0) is 20.4. The summed E-state index contributed by atoms with van der Waals surface area (Å²) in [7, 11) is 1.80. The SMILES string of the molecule is CNc1ncnc2c1[nH]c1nc(Oc3ccc(F)nc3)nc(N3CC4C(N)C4C3)c12. The van der Waals surface area contributed by atoms with Crippen molar-refractivity contribution in [2.45, 2.75) is 6.04 Å². The number of fused-ring (bicyclic) bond motifs is 4. The molecule has 2 unspecified atom stereocenters. The third kappa shape index (κ3) is 2.55. The van der Waals surface area contributed by atoms with Gasteiger partial charge in [0, 0.05) is 26.2 Å². The molecule has 0 aromatic carbocycles. The van der Waals surface area contributed by atoms with Gasteiger partial charge in [0.1, 0.15) is 34.6 Å². The molecule has 152 valence electrons. The van der Waals surface area contributed by atoms with Crippen molar-refractivity contribution in [3.05, 3.63) is 30.6 Å². The number of piperidine rings is 1. The minimum Gasteiger partial charge on any atom is -0.423 e. The molecule has 5 heterocycles. The van der Waals surface area contributed by atoms with Crippen molar-refractivity contribution in [3.63, 3.8) is 0 Å². The van der Waals surface area contributed by atoms with E-state index in [4.69, 9.17) is 10.5 Å². The molecule has 1 aliphatic heterocycles. The van der Waals surface area contributed by atoms with Crippen LogP contribution < -0.4 is 20.7 Å². The quantitative estimate of drug-likeness (QED) is 0.432. The third-order valence-corrected chi connectivity index (χ3v) is 5.90. The maximum atomic E-state index is 13.1. The Balaban J connectivity index is 1.51. The number of hydrogen-bond donors (Lipinski definition) is 3. The minimum atomic E-state index is -0.583. The molecule has 10 nitrogen and oxygen atoms in total. The molecule has 0 spiro atoms. The Hall–Kier alpha value is -3.60. The topological polar surface area (TPSA) is 131 Å². The van der Waals surface area contributed by atoms with Gasteiger partial charge in [-0.1, -0.05) is 0 Å². The lowest BCUT2D eigenvalue weighted by Crippen LogP contribution is -2.29. The maximum absolute atomic E-state index is 13.1. The van der Waals surface area contributed by atoms with Gasteiger partial charge >= 0.3 is 6.01 Å². The summed E-state index contributed by atoms with van der Waals surface area (Å²) in [6.07, 6.45) is 2.81. The Kier molecular flexibility index (Phi) is 3.57. The van der Waals surface area contributed by atoms with Crippen LogP contribution in [0.2, 0.25) is 0 Å². The summed E-state index contributed by atoms with van der Waals surface area (Å²) >= 11 is 0. The molecule has 4 aromatic heterocycles. The van der Waals surface area contributed by atoms with E-state index >= 15 is 0 Å². The first kappa shape index (κ1) is 17.3. The van der Waals surface area contributed by atoms with E-state index in [2.05, 4.69) is 40.1 Å². The van der Waals surface area contributed by atoms with Gasteiger partial charge in [0.2, 0.25) is 5.95 Å². The van der Waals surface area contributed by atoms with Crippen molar-refractivity contribution in [1.82, 2.24) is 29.9 Å². The molecule has 2 atom stereocenters. The summed E-state index contributed by atoms with van der Waals surface area (Å²) in [5.74, 6) is 2.12. The number of nitrogens with two attached hydrogens (primary N) is 1. The highest BCUT2D eigenvalue weighted by atomic mass is 19.1. The van der Waals surface area contributed by atoms with Crippen LogP contribution in [0.1, 0.15) is 0 Å². The summed E-state index contributed by atoms with van der Waals surface area (Å²) < 4.78 is 18.9. The summed E-state index contributed by atoms with van der Waals surface area (Å²) in [5, 5.41) is 3.87. The van der Waals surface area contributed by atoms with Gasteiger partial charge in [0.25, 0.3) is 0 Å². The molecule has 0 radical (unpaired) electrons. The fourth-order valence-corrected chi connectivity index (χ4v) is 4.29. The molecule has 11 heteroatoms. The average Bonchev–Trinajstić information content (AvgIpc) is 3.13. The van der Waals surface area contributed by atoms with E-state index in [0.717, 1.165) is 35.3 Å². The highest BCUT2D eigenvalue weighted by Gasteiger charge is 2.54. The zero-order valence-electron chi connectivity index (χ0n) is 16.0. The second-order valence-electron chi connectivity index (χ2n) is 7.60. The van der Waals surface area contributed by atoms with Crippen LogP contribution in [0.3, 0.4) is 0 Å². The van der Waals surface area contributed by atoms with Gasteiger partial charge in [-0.2, -0.15) is 14.4 Å². The van der Waals surface area contributed by atoms with E-state index in [-0.39, 0.29) is 12.1 Å². The molecule has 30 heavy (non-hydrogen) atoms. The van der Waals surface area contributed by atoms with Gasteiger partial charge in [0.05, 0.1) is 11.6 Å². The highest BCUT2D eigenvalue weighted by molar-refractivity contribution is 6.11. The monoisotopic (exact) mass is 407 g/mol. The van der Waals surface area contributed by atoms with Crippen molar-refractivity contribution in [2.75, 3.05) is 30.4 Å². The maximum Gasteiger partial charge on any atom is 0.326 e. The van der Waals surface area contributed by atoms with E-state index in [0.29, 0.717) is 29.1 Å². The first-order valence-electron chi connectivity index (χ1n) is 9.64. The number of nitrogens with zero attached hydrogens (tertiary/aromatic N) is 6. The first-order valence-corrected chi connectivity index (χ1v) is 9.64. The third-order valence-electron chi connectivity index (χ3n) is 5.90. The molecule has 1 saturated heterocycles. The molecule has 1 aliphatic carbocycles. The predicted octanol–water partition coefficient (Wildman–Crippen LogP) is 1.66. The molecule has 2 aliphatic rings. The highest BCUT2D eigenvalue weighted by Crippen LogP contribution is 2.47. The van der Waals surface area contributed by atoms with Crippen molar-refractivity contribution in [3.8, 4) is 11.8 Å². The van der Waals surface area contributed by atoms with Gasteiger partial charge in [-0.3, -0.25) is 0 Å². The van der Waals surface area contributed by atoms with Crippen LogP contribution in [0.4, 0.5) is 16.0 Å². The smallest absolute Gasteiger partial charge is 0.326 e. The first-order chi connectivity index (χ1) is 14.6. The molecule has 1 saturated carbocycles. The summed E-state index contributed by atoms with van der Waals surface area (Å²) in [5.41, 5.74) is 8.18. The number of H-pyrrole nitrogens is 1. The molecule has 4 aromatic rings. The standard InChI is InChI=1S/C19H18FN9O/c1-22-17-15-14(24-7-25-17)12-16(26-15)27-19(30-8-2-3-11(20)23-4-8)28-18(12)29-5-9-10(6-29)13(9)21/h2-4,7,9-10,13H,5-6,21H2,1H3,(H,22,24,25)(H,26,27,28). The van der Waals surface area contributed by atoms with E-state index in [1.807, 2.05) is 0 Å². The second-order valence-corrected chi connectivity index (χ2v) is 7.60. The van der Waals surface area contributed by atoms with Crippen LogP contribution in [0, 0.1) is 17.8 Å². The fraction of sp³-hybridized carbons (Fsp3) is 0.316. The van der Waals surface area contributed by atoms with E-state index < -0.39 is 5.95 Å². The number of aromatic amines is 1. The lowest BCUT2D eigenvalue weighted by molar-refractivity contribution is 0.438. The zero-order valence-corrected chi connectivity index (χ0v) is 16.0. The number of halogens is 1. The van der Waals surface area contributed by atoms with E-state index in [9.17, 15) is 4.39 Å². The Morgan fingerprint density at radius 3 is 2.77 bits per heavy atom. The van der Waals surface area contributed by atoms with Crippen molar-refractivity contribution in [1.29, 1.82) is 0 Å². The summed E-state index contributed by atoms with van der Waals surface area (Å²) in [6.45, 7) is 1.65. The second kappa shape index (κ2) is 6.20. The number of rotatable bonds is 4. The van der Waals surface area contributed by atoms with Crippen LogP contribution in [0.15, 0.2) is 24.7 Å². The normalized spacial score (nSPS) is 22.5. The van der Waals surface area contributed by atoms with Gasteiger partial charge < -0.3 is 25.7 Å². The average molecular weight is 407 g/mol. The lowest BCUT2D eigenvalue weighted by Gasteiger charge is -2.21. The molecule has 6 rings (SSSR count). The van der Waals surface area contributed by atoms with E-state index in [1.54, 1.807) is 7.05 Å². The minimum absolute atomic E-state index is 0.140. The van der Waals surface area contributed by atoms with Crippen LogP contribution in [-0.2, 0) is 0 Å². The summed E-state index contributed by atoms with van der Waals surface area (Å²) in [6, 6.07) is 3.11. The number of hydrogen-bond acceptors (Lipinski definition) is 9. The van der Waals surface area contributed by atoms with Gasteiger partial charge in [0.15, 0.2) is 5.82 Å². The van der Waals surface area contributed by atoms with Gasteiger partial charge in [-0.15, -0.1) is 0 Å². The Morgan fingerprint density at radius 2 is 2.03 bits per heavy atom. The van der Waals surface area contributed by atoms with Crippen LogP contribution >= 0.6 is 0 Å². The number of anilines is 2. The van der Waals surface area contributed by atoms with Crippen molar-refractivity contribution in [2.24, 2.45) is 17.6 Å². The molecular weight excluding hydrogens is 389 g/mol. The predicted molar refractivity (Wildman–Crippen MR) is 108 cm³/mol. The Labute approximate surface area is 169 Å². The van der Waals surface area contributed by atoms with Crippen LogP contribution in [0.25, 0.3) is 22.1 Å². The molecule has 0 bridgehead atoms. The Morgan fingerprint density at radius 1 is 1.20 bits per heavy atom. The molecular formula is C19H18FN9O. The Bertz CT molecular complexity index is 1260. The van der Waals surface area contributed by atoms with Gasteiger partial charge in [-0.05, 0) is 24.0 Å². The number of pyridine rings is 1. The van der Waals surface area contributed by atoms with Crippen molar-refractivity contribution < 1.29 is 9.13 Å². The molecule has 4 N–H and O–H groups in total. The van der Waals surface area contributed by atoms with Gasteiger partial charge in [-0.25, -0.2) is 15.0 Å². The molecule has 2 fully saturated rings. The van der Waals surface area contributed by atoms with Crippen molar-refractivity contribution >= 4 is 33.7 Å². The number of nitrogens with one attached hydrogen (secondary N) is 2. The van der Waals surface area contributed by atoms with E-state index in [1.165, 1.54) is 24.7 Å². The van der Waals surface area contributed by atoms with Crippen LogP contribution in [-0.4, -0.2) is 56.1 Å². The number of aromatic nitrogens is 6. The van der Waals surface area contributed by atoms with Crippen LogP contribution in [0.5, 0.6) is 11.8 Å².